The third kappa shape index (κ3) is 11.2. The van der Waals surface area contributed by atoms with Crippen molar-refractivity contribution in [2.45, 2.75) is 40.3 Å². The molecule has 5 aromatic rings. The van der Waals surface area contributed by atoms with Gasteiger partial charge in [-0.25, -0.2) is 4.98 Å². The van der Waals surface area contributed by atoms with Crippen molar-refractivity contribution in [1.29, 1.82) is 0 Å². The van der Waals surface area contributed by atoms with Gasteiger partial charge in [-0.2, -0.15) is 0 Å². The molecule has 264 valence electrons. The second-order valence-corrected chi connectivity index (χ2v) is 12.9. The zero-order chi connectivity index (χ0) is 34.7. The molecule has 0 unspecified atom stereocenters. The number of carbonyl (C=O) groups is 1. The number of amides is 1. The van der Waals surface area contributed by atoms with E-state index in [0.717, 1.165) is 48.5 Å². The molecule has 0 spiro atoms. The molecule has 1 fully saturated rings. The van der Waals surface area contributed by atoms with Crippen LogP contribution in [0.3, 0.4) is 0 Å². The molecule has 51 heavy (non-hydrogen) atoms. The fourth-order valence-corrected chi connectivity index (χ4v) is 5.76. The van der Waals surface area contributed by atoms with Gasteiger partial charge in [-0.05, 0) is 85.0 Å². The quantitative estimate of drug-likeness (QED) is 0.114. The van der Waals surface area contributed by atoms with Crippen LogP contribution in [0.1, 0.15) is 38.9 Å². The SMILES string of the molecule is Cc1ccc(COc2ccc(Oc3ccc(C=CC(=O)N4CCN(Cc5ccc(CCOc6ccc(C)cc6)cc5)CC4)cc3C)nc2)cc1.Cl. The smallest absolute Gasteiger partial charge is 0.246 e. The van der Waals surface area contributed by atoms with Crippen LogP contribution in [0.2, 0.25) is 0 Å². The molecule has 8 heteroatoms. The molecule has 4 aromatic carbocycles. The van der Waals surface area contributed by atoms with Gasteiger partial charge in [0.15, 0.2) is 0 Å². The Bertz CT molecular complexity index is 1870. The maximum atomic E-state index is 13.0. The van der Waals surface area contributed by atoms with Crippen molar-refractivity contribution in [1.82, 2.24) is 14.8 Å². The molecular weight excluding hydrogens is 658 g/mol. The average Bonchev–Trinajstić information content (AvgIpc) is 3.14. The molecule has 0 aliphatic carbocycles. The van der Waals surface area contributed by atoms with E-state index in [0.29, 0.717) is 43.7 Å². The largest absolute Gasteiger partial charge is 0.493 e. The molecule has 0 bridgehead atoms. The van der Waals surface area contributed by atoms with Crippen LogP contribution < -0.4 is 14.2 Å². The Labute approximate surface area is 307 Å². The number of carbonyl (C=O) groups excluding carboxylic acids is 1. The second-order valence-electron chi connectivity index (χ2n) is 12.9. The van der Waals surface area contributed by atoms with Crippen LogP contribution in [0, 0.1) is 20.8 Å². The zero-order valence-electron chi connectivity index (χ0n) is 29.6. The summed E-state index contributed by atoms with van der Waals surface area (Å²) in [6.07, 6.45) is 6.09. The second kappa shape index (κ2) is 18.2. The van der Waals surface area contributed by atoms with Crippen LogP contribution in [0.15, 0.2) is 115 Å². The Hall–Kier alpha value is -5.11. The molecule has 1 amide bonds. The summed E-state index contributed by atoms with van der Waals surface area (Å²) in [5, 5.41) is 0. The number of aryl methyl sites for hydroxylation is 3. The number of nitrogens with zero attached hydrogens (tertiary/aromatic N) is 3. The number of aromatic nitrogens is 1. The highest BCUT2D eigenvalue weighted by molar-refractivity contribution is 5.92. The van der Waals surface area contributed by atoms with E-state index in [1.165, 1.54) is 22.3 Å². The van der Waals surface area contributed by atoms with E-state index in [9.17, 15) is 4.79 Å². The lowest BCUT2D eigenvalue weighted by Gasteiger charge is -2.34. The first-order valence-corrected chi connectivity index (χ1v) is 17.3. The first-order chi connectivity index (χ1) is 24.4. The average molecular weight is 704 g/mol. The molecular formula is C43H46ClN3O4. The predicted molar refractivity (Wildman–Crippen MR) is 206 cm³/mol. The van der Waals surface area contributed by atoms with Crippen LogP contribution in [0.4, 0.5) is 0 Å². The van der Waals surface area contributed by atoms with Crippen LogP contribution in [0.5, 0.6) is 23.1 Å². The topological polar surface area (TPSA) is 64.1 Å². The normalized spacial score (nSPS) is 13.1. The van der Waals surface area contributed by atoms with Crippen molar-refractivity contribution in [3.8, 4) is 23.1 Å². The summed E-state index contributed by atoms with van der Waals surface area (Å²) in [6.45, 7) is 11.3. The molecule has 6 rings (SSSR count). The summed E-state index contributed by atoms with van der Waals surface area (Å²) in [6, 6.07) is 34.8. The van der Waals surface area contributed by atoms with E-state index in [4.69, 9.17) is 14.2 Å². The summed E-state index contributed by atoms with van der Waals surface area (Å²) in [7, 11) is 0. The van der Waals surface area contributed by atoms with Crippen molar-refractivity contribution in [2.24, 2.45) is 0 Å². The Morgan fingerprint density at radius 3 is 2.04 bits per heavy atom. The minimum Gasteiger partial charge on any atom is -0.493 e. The number of rotatable bonds is 13. The van der Waals surface area contributed by atoms with Gasteiger partial charge in [-0.1, -0.05) is 77.9 Å². The lowest BCUT2D eigenvalue weighted by Crippen LogP contribution is -2.47. The lowest BCUT2D eigenvalue weighted by molar-refractivity contribution is -0.127. The summed E-state index contributed by atoms with van der Waals surface area (Å²) >= 11 is 0. The fraction of sp³-hybridized carbons (Fsp3) is 0.256. The molecule has 7 nitrogen and oxygen atoms in total. The number of pyridine rings is 1. The standard InChI is InChI=1S/C43H45N3O4.ClH/c1-32-4-8-38(9-5-32)31-49-40-18-20-42(44-29-40)50-41-19-14-36(28-34(41)3)15-21-43(47)46-25-23-45(24-26-46)30-37-12-10-35(11-13-37)22-27-48-39-16-6-33(2)7-17-39;/h4-21,28-29H,22-27,30-31H2,1-3H3;1H. The highest BCUT2D eigenvalue weighted by atomic mass is 35.5. The van der Waals surface area contributed by atoms with Crippen molar-refractivity contribution < 1.29 is 19.0 Å². The highest BCUT2D eigenvalue weighted by Gasteiger charge is 2.19. The molecule has 1 aromatic heterocycles. The minimum absolute atomic E-state index is 0. The third-order valence-corrected chi connectivity index (χ3v) is 8.86. The van der Waals surface area contributed by atoms with Gasteiger partial charge in [-0.15, -0.1) is 12.4 Å². The van der Waals surface area contributed by atoms with Crippen LogP contribution in [-0.4, -0.2) is 53.5 Å². The number of piperazine rings is 1. The van der Waals surface area contributed by atoms with E-state index in [1.54, 1.807) is 18.3 Å². The molecule has 0 N–H and O–H groups in total. The number of halogens is 1. The molecule has 1 aliphatic heterocycles. The van der Waals surface area contributed by atoms with E-state index in [-0.39, 0.29) is 18.3 Å². The van der Waals surface area contributed by atoms with Gasteiger partial charge in [0.05, 0.1) is 12.8 Å². The molecule has 1 saturated heterocycles. The molecule has 0 radical (unpaired) electrons. The number of benzene rings is 4. The zero-order valence-corrected chi connectivity index (χ0v) is 30.4. The van der Waals surface area contributed by atoms with Crippen LogP contribution >= 0.6 is 12.4 Å². The summed E-state index contributed by atoms with van der Waals surface area (Å²) in [5.74, 6) is 2.83. The Morgan fingerprint density at radius 2 is 1.37 bits per heavy atom. The monoisotopic (exact) mass is 703 g/mol. The third-order valence-electron chi connectivity index (χ3n) is 8.86. The van der Waals surface area contributed by atoms with Crippen molar-refractivity contribution in [3.05, 3.63) is 154 Å². The number of hydrogen-bond donors (Lipinski definition) is 0. The Kier molecular flexibility index (Phi) is 13.3. The summed E-state index contributed by atoms with van der Waals surface area (Å²) in [4.78, 5) is 21.7. The van der Waals surface area contributed by atoms with Gasteiger partial charge < -0.3 is 19.1 Å². The summed E-state index contributed by atoms with van der Waals surface area (Å²) < 4.78 is 17.8. The van der Waals surface area contributed by atoms with Gasteiger partial charge in [-0.3, -0.25) is 9.69 Å². The van der Waals surface area contributed by atoms with Crippen molar-refractivity contribution >= 4 is 24.4 Å². The Morgan fingerprint density at radius 1 is 0.725 bits per heavy atom. The van der Waals surface area contributed by atoms with E-state index < -0.39 is 0 Å². The number of hydrogen-bond acceptors (Lipinski definition) is 6. The minimum atomic E-state index is 0. The van der Waals surface area contributed by atoms with Gasteiger partial charge in [0, 0.05) is 51.3 Å². The maximum absolute atomic E-state index is 13.0. The van der Waals surface area contributed by atoms with E-state index in [1.807, 2.05) is 54.3 Å². The molecule has 0 atom stereocenters. The van der Waals surface area contributed by atoms with Gasteiger partial charge in [0.1, 0.15) is 23.9 Å². The van der Waals surface area contributed by atoms with Gasteiger partial charge >= 0.3 is 0 Å². The van der Waals surface area contributed by atoms with Crippen molar-refractivity contribution in [3.63, 3.8) is 0 Å². The van der Waals surface area contributed by atoms with Crippen LogP contribution in [0.25, 0.3) is 6.08 Å². The first-order valence-electron chi connectivity index (χ1n) is 17.3. The predicted octanol–water partition coefficient (Wildman–Crippen LogP) is 8.78. The molecule has 0 saturated carbocycles. The van der Waals surface area contributed by atoms with E-state index in [2.05, 4.69) is 84.4 Å². The fourth-order valence-electron chi connectivity index (χ4n) is 5.76. The molecule has 1 aliphatic rings. The van der Waals surface area contributed by atoms with Gasteiger partial charge in [0.25, 0.3) is 0 Å². The van der Waals surface area contributed by atoms with Gasteiger partial charge in [0.2, 0.25) is 11.8 Å². The Balaban J connectivity index is 0.00000504. The highest BCUT2D eigenvalue weighted by Crippen LogP contribution is 2.26. The van der Waals surface area contributed by atoms with E-state index >= 15 is 0 Å². The lowest BCUT2D eigenvalue weighted by atomic mass is 10.1. The van der Waals surface area contributed by atoms with Crippen molar-refractivity contribution in [2.75, 3.05) is 32.8 Å². The number of ether oxygens (including phenoxy) is 3. The summed E-state index contributed by atoms with van der Waals surface area (Å²) in [5.41, 5.74) is 8.01. The maximum Gasteiger partial charge on any atom is 0.246 e. The first kappa shape index (κ1) is 37.2. The van der Waals surface area contributed by atoms with Crippen LogP contribution in [-0.2, 0) is 24.4 Å². The molecule has 2 heterocycles.